The molecule has 0 bridgehead atoms. The van der Waals surface area contributed by atoms with Crippen molar-refractivity contribution in [2.45, 2.75) is 58.8 Å². The fraction of sp³-hybridized carbons (Fsp3) is 0.900. The first-order valence-electron chi connectivity index (χ1n) is 4.76. The van der Waals surface area contributed by atoms with Crippen molar-refractivity contribution < 1.29 is 6.22 Å². The van der Waals surface area contributed by atoms with Crippen LogP contribution in [0.5, 0.6) is 0 Å². The summed E-state index contributed by atoms with van der Waals surface area (Å²) in [5, 5.41) is 0. The van der Waals surface area contributed by atoms with Gasteiger partial charge in [-0.05, 0) is 13.3 Å². The first kappa shape index (κ1) is 10.7. The minimum absolute atomic E-state index is 0. The zero-order valence-corrected chi connectivity index (χ0v) is 7.86. The minimum atomic E-state index is 0. The molecule has 0 saturated heterocycles. The summed E-state index contributed by atoms with van der Waals surface area (Å²) in [6.45, 7) is 3.89. The topological polar surface area (TPSA) is 17.1 Å². The van der Waals surface area contributed by atoms with Gasteiger partial charge >= 0.3 is 0 Å². The van der Waals surface area contributed by atoms with Crippen LogP contribution in [0.3, 0.4) is 0 Å². The number of hydrogen-bond donors (Lipinski definition) is 0. The lowest BCUT2D eigenvalue weighted by molar-refractivity contribution is -0.117. The average Bonchev–Trinajstić information content (AvgIpc) is 1.96. The smallest absolute Gasteiger partial charge is 0.129 e. The highest BCUT2D eigenvalue weighted by Crippen LogP contribution is 2.06. The predicted octanol–water partition coefficient (Wildman–Crippen LogP) is 3.57. The molecule has 0 aromatic rings. The van der Waals surface area contributed by atoms with Crippen LogP contribution in [0.4, 0.5) is 0 Å². The lowest BCUT2D eigenvalue weighted by atomic mass is 10.1. The minimum Gasteiger partial charge on any atom is -0.300 e. The molecule has 0 aliphatic rings. The molecule has 68 valence electrons. The Morgan fingerprint density at radius 2 is 1.64 bits per heavy atom. The molecule has 0 radical (unpaired) electrons. The van der Waals surface area contributed by atoms with Crippen molar-refractivity contribution >= 4 is 5.78 Å². The normalized spacial score (nSPS) is 10.0. The van der Waals surface area contributed by atoms with Crippen LogP contribution in [0.1, 0.15) is 60.2 Å². The second-order valence-electron chi connectivity index (χ2n) is 3.22. The predicted molar refractivity (Wildman–Crippen MR) is 50.8 cm³/mol. The molecule has 1 heteroatoms. The monoisotopic (exact) mass is 158 g/mol. The van der Waals surface area contributed by atoms with Gasteiger partial charge in [0.2, 0.25) is 0 Å². The summed E-state index contributed by atoms with van der Waals surface area (Å²) in [5.41, 5.74) is 0. The van der Waals surface area contributed by atoms with Crippen LogP contribution in [0.2, 0.25) is 0 Å². The Kier molecular flexibility index (Phi) is 7.54. The molecule has 0 spiro atoms. The maximum Gasteiger partial charge on any atom is 0.129 e. The van der Waals surface area contributed by atoms with E-state index in [9.17, 15) is 4.79 Å². The summed E-state index contributed by atoms with van der Waals surface area (Å²) in [6, 6.07) is 0. The molecule has 1 nitrogen and oxygen atoms in total. The Morgan fingerprint density at radius 1 is 1.09 bits per heavy atom. The Bertz CT molecular complexity index is 102. The molecule has 0 aliphatic carbocycles. The van der Waals surface area contributed by atoms with E-state index in [0.29, 0.717) is 5.78 Å². The fourth-order valence-electron chi connectivity index (χ4n) is 1.15. The SMILES string of the molecule is CCCCCCCCC(C)=O.[HH]. The molecule has 0 heterocycles. The number of unbranched alkanes of at least 4 members (excludes halogenated alkanes) is 5. The fourth-order valence-corrected chi connectivity index (χ4v) is 1.15. The van der Waals surface area contributed by atoms with E-state index in [4.69, 9.17) is 0 Å². The van der Waals surface area contributed by atoms with Gasteiger partial charge in [0.05, 0.1) is 0 Å². The number of hydrogen-bond acceptors (Lipinski definition) is 1. The van der Waals surface area contributed by atoms with Crippen LogP contribution >= 0.6 is 0 Å². The van der Waals surface area contributed by atoms with E-state index in [2.05, 4.69) is 6.92 Å². The van der Waals surface area contributed by atoms with Crippen molar-refractivity contribution in [2.24, 2.45) is 0 Å². The Balaban J connectivity index is 0. The number of carbonyl (C=O) groups excluding carboxylic acids is 1. The lowest BCUT2D eigenvalue weighted by Gasteiger charge is -1.97. The molecule has 0 unspecified atom stereocenters. The van der Waals surface area contributed by atoms with Crippen LogP contribution in [0.15, 0.2) is 0 Å². The van der Waals surface area contributed by atoms with Crippen molar-refractivity contribution in [3.63, 3.8) is 0 Å². The molecule has 0 fully saturated rings. The van der Waals surface area contributed by atoms with E-state index in [1.54, 1.807) is 6.92 Å². The maximum absolute atomic E-state index is 10.5. The van der Waals surface area contributed by atoms with Crippen molar-refractivity contribution in [2.75, 3.05) is 0 Å². The van der Waals surface area contributed by atoms with E-state index in [0.717, 1.165) is 12.8 Å². The summed E-state index contributed by atoms with van der Waals surface area (Å²) < 4.78 is 0. The molecule has 0 saturated carbocycles. The van der Waals surface area contributed by atoms with E-state index in [-0.39, 0.29) is 1.43 Å². The number of rotatable bonds is 7. The Morgan fingerprint density at radius 3 is 2.18 bits per heavy atom. The van der Waals surface area contributed by atoms with Gasteiger partial charge in [0.1, 0.15) is 5.78 Å². The van der Waals surface area contributed by atoms with Crippen LogP contribution in [-0.4, -0.2) is 5.78 Å². The van der Waals surface area contributed by atoms with Gasteiger partial charge < -0.3 is 4.79 Å². The number of ketones is 1. The van der Waals surface area contributed by atoms with Crippen LogP contribution in [0.25, 0.3) is 0 Å². The van der Waals surface area contributed by atoms with Gasteiger partial charge in [0.25, 0.3) is 0 Å². The molecule has 0 aliphatic heterocycles. The van der Waals surface area contributed by atoms with Crippen molar-refractivity contribution in [3.8, 4) is 0 Å². The third-order valence-electron chi connectivity index (χ3n) is 1.88. The Hall–Kier alpha value is -0.330. The van der Waals surface area contributed by atoms with Gasteiger partial charge in [-0.2, -0.15) is 0 Å². The highest BCUT2D eigenvalue weighted by molar-refractivity contribution is 5.75. The standard InChI is InChI=1S/C10H20O.H2/c1-3-4-5-6-7-8-9-10(2)11;/h3-9H2,1-2H3;1H. The molecular weight excluding hydrogens is 136 g/mol. The second kappa shape index (κ2) is 7.77. The van der Waals surface area contributed by atoms with Crippen molar-refractivity contribution in [1.29, 1.82) is 0 Å². The summed E-state index contributed by atoms with van der Waals surface area (Å²) in [4.78, 5) is 10.5. The molecule has 0 amide bonds. The van der Waals surface area contributed by atoms with Crippen molar-refractivity contribution in [3.05, 3.63) is 0 Å². The van der Waals surface area contributed by atoms with Gasteiger partial charge in [-0.3, -0.25) is 0 Å². The van der Waals surface area contributed by atoms with Crippen LogP contribution in [0, 0.1) is 0 Å². The van der Waals surface area contributed by atoms with Gasteiger partial charge in [0, 0.05) is 7.85 Å². The molecule has 0 atom stereocenters. The summed E-state index contributed by atoms with van der Waals surface area (Å²) in [6.07, 6.45) is 8.41. The Labute approximate surface area is 71.7 Å². The average molecular weight is 158 g/mol. The molecule has 0 aromatic carbocycles. The first-order valence-corrected chi connectivity index (χ1v) is 4.76. The number of Topliss-reactive ketones (excluding diaryl/α,β-unsaturated/α-hetero) is 1. The second-order valence-corrected chi connectivity index (χ2v) is 3.22. The van der Waals surface area contributed by atoms with Crippen LogP contribution in [-0.2, 0) is 4.79 Å². The molecular formula is C10H22O. The largest absolute Gasteiger partial charge is 0.300 e. The molecule has 0 rings (SSSR count). The highest BCUT2D eigenvalue weighted by atomic mass is 16.1. The van der Waals surface area contributed by atoms with E-state index in [1.165, 1.54) is 32.1 Å². The maximum atomic E-state index is 10.5. The van der Waals surface area contributed by atoms with Gasteiger partial charge in [-0.25, -0.2) is 0 Å². The third kappa shape index (κ3) is 9.67. The molecule has 0 N–H and O–H groups in total. The highest BCUT2D eigenvalue weighted by Gasteiger charge is 1.92. The summed E-state index contributed by atoms with van der Waals surface area (Å²) in [7, 11) is 0. The van der Waals surface area contributed by atoms with Gasteiger partial charge in [-0.1, -0.05) is 39.0 Å². The van der Waals surface area contributed by atoms with E-state index in [1.807, 2.05) is 0 Å². The quantitative estimate of drug-likeness (QED) is 0.518. The van der Waals surface area contributed by atoms with Crippen molar-refractivity contribution in [1.82, 2.24) is 0 Å². The van der Waals surface area contributed by atoms with Gasteiger partial charge in [-0.15, -0.1) is 0 Å². The number of carbonyl (C=O) groups is 1. The molecule has 0 aromatic heterocycles. The summed E-state index contributed by atoms with van der Waals surface area (Å²) >= 11 is 0. The van der Waals surface area contributed by atoms with E-state index >= 15 is 0 Å². The van der Waals surface area contributed by atoms with Crippen LogP contribution < -0.4 is 0 Å². The van der Waals surface area contributed by atoms with E-state index < -0.39 is 0 Å². The van der Waals surface area contributed by atoms with Gasteiger partial charge in [0.15, 0.2) is 0 Å². The molecule has 11 heavy (non-hydrogen) atoms. The summed E-state index contributed by atoms with van der Waals surface area (Å²) in [5.74, 6) is 0.334. The first-order chi connectivity index (χ1) is 5.27. The lowest BCUT2D eigenvalue weighted by Crippen LogP contribution is -1.88. The zero-order chi connectivity index (χ0) is 8.53. The third-order valence-corrected chi connectivity index (χ3v) is 1.88. The zero-order valence-electron chi connectivity index (χ0n) is 7.86.